The predicted molar refractivity (Wildman–Crippen MR) is 115 cm³/mol. The summed E-state index contributed by atoms with van der Waals surface area (Å²) in [6, 6.07) is 12.0. The smallest absolute Gasteiger partial charge is 0.191 e. The largest absolute Gasteiger partial charge is 0.493 e. The van der Waals surface area contributed by atoms with Crippen LogP contribution in [0.15, 0.2) is 41.4 Å². The molecule has 0 aromatic heterocycles. The first kappa shape index (κ1) is 22.4. The van der Waals surface area contributed by atoms with Gasteiger partial charge in [0.05, 0.1) is 20.8 Å². The first-order valence-corrected chi connectivity index (χ1v) is 9.48. The van der Waals surface area contributed by atoms with Gasteiger partial charge in [0.15, 0.2) is 17.5 Å². The molecule has 29 heavy (non-hydrogen) atoms. The Kier molecular flexibility index (Phi) is 9.11. The van der Waals surface area contributed by atoms with Crippen LogP contribution >= 0.6 is 0 Å². The average molecular weight is 402 g/mol. The van der Waals surface area contributed by atoms with E-state index < -0.39 is 0 Å². The van der Waals surface area contributed by atoms with Crippen molar-refractivity contribution in [3.63, 3.8) is 0 Å². The molecule has 0 unspecified atom stereocenters. The van der Waals surface area contributed by atoms with Gasteiger partial charge < -0.3 is 29.6 Å². The van der Waals surface area contributed by atoms with Crippen molar-refractivity contribution < 1.29 is 18.9 Å². The second-order valence-corrected chi connectivity index (χ2v) is 6.38. The van der Waals surface area contributed by atoms with Crippen molar-refractivity contribution >= 4 is 5.96 Å². The Bertz CT molecular complexity index is 809. The molecule has 0 aliphatic heterocycles. The lowest BCUT2D eigenvalue weighted by Crippen LogP contribution is -2.36. The van der Waals surface area contributed by atoms with E-state index in [0.717, 1.165) is 22.4 Å². The Labute approximate surface area is 173 Å². The summed E-state index contributed by atoms with van der Waals surface area (Å²) in [6.07, 6.45) is 0. The molecule has 2 N–H and O–H groups in total. The number of benzene rings is 2. The number of nitrogens with one attached hydrogen (secondary N) is 2. The second kappa shape index (κ2) is 11.8. The third-order valence-corrected chi connectivity index (χ3v) is 4.37. The number of nitrogens with zero attached hydrogens (tertiary/aromatic N) is 1. The number of rotatable bonds is 10. The summed E-state index contributed by atoms with van der Waals surface area (Å²) in [5.41, 5.74) is 3.18. The molecule has 0 aliphatic carbocycles. The third-order valence-electron chi connectivity index (χ3n) is 4.37. The molecule has 7 nitrogen and oxygen atoms in total. The van der Waals surface area contributed by atoms with Gasteiger partial charge in [-0.15, -0.1) is 0 Å². The molecule has 0 amide bonds. The molecule has 0 bridgehead atoms. The zero-order valence-corrected chi connectivity index (χ0v) is 17.9. The van der Waals surface area contributed by atoms with Crippen LogP contribution in [0.5, 0.6) is 17.2 Å². The van der Waals surface area contributed by atoms with Crippen molar-refractivity contribution in [2.75, 3.05) is 41.6 Å². The van der Waals surface area contributed by atoms with Crippen LogP contribution < -0.4 is 24.8 Å². The molecule has 0 aliphatic rings. The fraction of sp³-hybridized carbons (Fsp3) is 0.409. The van der Waals surface area contributed by atoms with Crippen molar-refractivity contribution in [2.24, 2.45) is 4.99 Å². The van der Waals surface area contributed by atoms with Crippen molar-refractivity contribution in [3.8, 4) is 17.2 Å². The molecule has 2 aromatic rings. The van der Waals surface area contributed by atoms with E-state index in [0.29, 0.717) is 43.8 Å². The SMILES string of the molecule is CN=C(NCc1ccc(C)cc1OCCOC)NCc1cccc(OC)c1OC. The Balaban J connectivity index is 2.00. The van der Waals surface area contributed by atoms with Crippen LogP contribution in [0.2, 0.25) is 0 Å². The highest BCUT2D eigenvalue weighted by molar-refractivity contribution is 5.79. The van der Waals surface area contributed by atoms with Crippen molar-refractivity contribution in [1.82, 2.24) is 10.6 Å². The van der Waals surface area contributed by atoms with Gasteiger partial charge in [-0.05, 0) is 24.6 Å². The minimum Gasteiger partial charge on any atom is -0.493 e. The standard InChI is InChI=1S/C22H31N3O4/c1-16-9-10-17(20(13-16)29-12-11-26-3)14-24-22(23-2)25-15-18-7-6-8-19(27-4)21(18)28-5/h6-10,13H,11-12,14-15H2,1-5H3,(H2,23,24,25). The maximum atomic E-state index is 5.85. The summed E-state index contributed by atoms with van der Waals surface area (Å²) in [5, 5.41) is 6.64. The molecule has 0 radical (unpaired) electrons. The maximum absolute atomic E-state index is 5.85. The molecule has 2 rings (SSSR count). The van der Waals surface area contributed by atoms with Gasteiger partial charge in [0.2, 0.25) is 0 Å². The van der Waals surface area contributed by atoms with E-state index in [1.165, 1.54) is 0 Å². The second-order valence-electron chi connectivity index (χ2n) is 6.38. The van der Waals surface area contributed by atoms with Gasteiger partial charge in [-0.1, -0.05) is 24.3 Å². The Morgan fingerprint density at radius 3 is 2.31 bits per heavy atom. The van der Waals surface area contributed by atoms with Crippen molar-refractivity contribution in [3.05, 3.63) is 53.1 Å². The summed E-state index contributed by atoms with van der Waals surface area (Å²) < 4.78 is 21.8. The van der Waals surface area contributed by atoms with Crippen molar-refractivity contribution in [1.29, 1.82) is 0 Å². The number of methoxy groups -OCH3 is 3. The van der Waals surface area contributed by atoms with Gasteiger partial charge in [-0.2, -0.15) is 0 Å². The zero-order valence-electron chi connectivity index (χ0n) is 17.9. The molecule has 0 atom stereocenters. The number of hydrogen-bond donors (Lipinski definition) is 2. The van der Waals surface area contributed by atoms with Crippen LogP contribution in [0.3, 0.4) is 0 Å². The average Bonchev–Trinajstić information content (AvgIpc) is 2.74. The quantitative estimate of drug-likeness (QED) is 0.362. The lowest BCUT2D eigenvalue weighted by Gasteiger charge is -2.17. The normalized spacial score (nSPS) is 11.1. The minimum absolute atomic E-state index is 0.509. The first-order valence-electron chi connectivity index (χ1n) is 9.48. The summed E-state index contributed by atoms with van der Waals surface area (Å²) in [7, 11) is 6.67. The summed E-state index contributed by atoms with van der Waals surface area (Å²) >= 11 is 0. The van der Waals surface area contributed by atoms with E-state index in [1.807, 2.05) is 31.2 Å². The molecular formula is C22H31N3O4. The van der Waals surface area contributed by atoms with Crippen LogP contribution in [-0.2, 0) is 17.8 Å². The number of aryl methyl sites for hydroxylation is 1. The highest BCUT2D eigenvalue weighted by atomic mass is 16.5. The monoisotopic (exact) mass is 401 g/mol. The molecule has 158 valence electrons. The van der Waals surface area contributed by atoms with E-state index in [1.54, 1.807) is 28.4 Å². The minimum atomic E-state index is 0.509. The van der Waals surface area contributed by atoms with Crippen LogP contribution in [0, 0.1) is 6.92 Å². The molecule has 0 heterocycles. The number of para-hydroxylation sites is 1. The zero-order chi connectivity index (χ0) is 21.1. The lowest BCUT2D eigenvalue weighted by molar-refractivity contribution is 0.145. The Morgan fingerprint density at radius 1 is 0.897 bits per heavy atom. The third kappa shape index (κ3) is 6.57. The van der Waals surface area contributed by atoms with Crippen LogP contribution in [0.1, 0.15) is 16.7 Å². The lowest BCUT2D eigenvalue weighted by atomic mass is 10.1. The fourth-order valence-corrected chi connectivity index (χ4v) is 2.85. The number of ether oxygens (including phenoxy) is 4. The summed E-state index contributed by atoms with van der Waals surface area (Å²) in [4.78, 5) is 4.30. The van der Waals surface area contributed by atoms with Gasteiger partial charge in [0, 0.05) is 38.4 Å². The highest BCUT2D eigenvalue weighted by Crippen LogP contribution is 2.30. The predicted octanol–water partition coefficient (Wildman–Crippen LogP) is 2.90. The topological polar surface area (TPSA) is 73.3 Å². The molecular weight excluding hydrogens is 370 g/mol. The Hall–Kier alpha value is -2.93. The van der Waals surface area contributed by atoms with Gasteiger partial charge in [0.25, 0.3) is 0 Å². The molecule has 7 heteroatoms. The summed E-state index contributed by atoms with van der Waals surface area (Å²) in [5.74, 6) is 2.94. The highest BCUT2D eigenvalue weighted by Gasteiger charge is 2.10. The Morgan fingerprint density at radius 2 is 1.66 bits per heavy atom. The molecule has 0 saturated carbocycles. The van der Waals surface area contributed by atoms with Gasteiger partial charge >= 0.3 is 0 Å². The van der Waals surface area contributed by atoms with Crippen molar-refractivity contribution in [2.45, 2.75) is 20.0 Å². The van der Waals surface area contributed by atoms with Crippen LogP contribution in [0.4, 0.5) is 0 Å². The van der Waals surface area contributed by atoms with E-state index in [-0.39, 0.29) is 0 Å². The van der Waals surface area contributed by atoms with E-state index in [2.05, 4.69) is 27.8 Å². The van der Waals surface area contributed by atoms with Gasteiger partial charge in [0.1, 0.15) is 12.4 Å². The van der Waals surface area contributed by atoms with E-state index >= 15 is 0 Å². The first-order chi connectivity index (χ1) is 14.1. The fourth-order valence-electron chi connectivity index (χ4n) is 2.85. The van der Waals surface area contributed by atoms with Crippen LogP contribution in [0.25, 0.3) is 0 Å². The maximum Gasteiger partial charge on any atom is 0.191 e. The van der Waals surface area contributed by atoms with E-state index in [4.69, 9.17) is 18.9 Å². The molecule has 0 saturated heterocycles. The molecule has 2 aromatic carbocycles. The molecule has 0 fully saturated rings. The molecule has 0 spiro atoms. The van der Waals surface area contributed by atoms with Gasteiger partial charge in [-0.25, -0.2) is 0 Å². The van der Waals surface area contributed by atoms with Gasteiger partial charge in [-0.3, -0.25) is 4.99 Å². The summed E-state index contributed by atoms with van der Waals surface area (Å²) in [6.45, 7) is 4.23. The van der Waals surface area contributed by atoms with Crippen LogP contribution in [-0.4, -0.2) is 47.6 Å². The van der Waals surface area contributed by atoms with E-state index in [9.17, 15) is 0 Å². The number of hydrogen-bond acceptors (Lipinski definition) is 5. The number of aliphatic imine (C=N–C) groups is 1. The number of guanidine groups is 1.